The number of rotatable bonds is 3. The summed E-state index contributed by atoms with van der Waals surface area (Å²) in [6, 6.07) is 4.77. The lowest BCUT2D eigenvalue weighted by atomic mass is 10.0. The number of benzene rings is 1. The Morgan fingerprint density at radius 1 is 1.20 bits per heavy atom. The average Bonchev–Trinajstić information content (AvgIpc) is 2.33. The van der Waals surface area contributed by atoms with Crippen LogP contribution in [0.2, 0.25) is 0 Å². The third-order valence-electron chi connectivity index (χ3n) is 3.26. The van der Waals surface area contributed by atoms with E-state index in [1.807, 2.05) is 24.0 Å². The molecule has 1 aliphatic rings. The summed E-state index contributed by atoms with van der Waals surface area (Å²) in [6.45, 7) is 4.82. The van der Waals surface area contributed by atoms with Gasteiger partial charge in [-0.05, 0) is 24.1 Å². The Hall–Kier alpha value is 0.0600. The van der Waals surface area contributed by atoms with E-state index in [1.54, 1.807) is 6.07 Å². The molecule has 0 radical (unpaired) electrons. The van der Waals surface area contributed by atoms with E-state index in [0.29, 0.717) is 18.7 Å². The lowest BCUT2D eigenvalue weighted by Gasteiger charge is -2.35. The summed E-state index contributed by atoms with van der Waals surface area (Å²) < 4.78 is 27.5. The number of nitrogens with one attached hydrogen (secondary N) is 1. The van der Waals surface area contributed by atoms with Crippen molar-refractivity contribution in [2.45, 2.75) is 19.4 Å². The second-order valence-corrected chi connectivity index (χ2v) is 5.44. The fourth-order valence-electron chi connectivity index (χ4n) is 2.32. The van der Waals surface area contributed by atoms with Gasteiger partial charge in [-0.15, -0.1) is 24.8 Å². The van der Waals surface area contributed by atoms with Crippen molar-refractivity contribution in [3.63, 3.8) is 0 Å². The fraction of sp³-hybridized carbons (Fsp3) is 0.538. The van der Waals surface area contributed by atoms with Crippen LogP contribution in [0.15, 0.2) is 22.7 Å². The molecule has 0 bridgehead atoms. The smallest absolute Gasteiger partial charge is 0.258 e. The molecule has 1 N–H and O–H groups in total. The molecule has 0 aliphatic carbocycles. The van der Waals surface area contributed by atoms with Gasteiger partial charge in [-0.2, -0.15) is 0 Å². The molecule has 0 aromatic heterocycles. The third-order valence-corrected chi connectivity index (χ3v) is 3.95. The molecule has 1 atom stereocenters. The van der Waals surface area contributed by atoms with Gasteiger partial charge in [0.2, 0.25) is 0 Å². The summed E-state index contributed by atoms with van der Waals surface area (Å²) in [7, 11) is 0. The van der Waals surface area contributed by atoms with Crippen LogP contribution >= 0.6 is 40.7 Å². The van der Waals surface area contributed by atoms with Gasteiger partial charge in [0.25, 0.3) is 6.43 Å². The number of hydrogen-bond acceptors (Lipinski definition) is 2. The maximum Gasteiger partial charge on any atom is 0.258 e. The van der Waals surface area contributed by atoms with Gasteiger partial charge in [0, 0.05) is 30.7 Å². The number of alkyl halides is 2. The molecule has 20 heavy (non-hydrogen) atoms. The molecule has 1 aliphatic heterocycles. The molecular formula is C13H19BrCl2F2N2. The summed E-state index contributed by atoms with van der Waals surface area (Å²) in [6.07, 6.45) is -2.37. The van der Waals surface area contributed by atoms with Crippen LogP contribution in [0.5, 0.6) is 0 Å². The van der Waals surface area contributed by atoms with E-state index in [1.165, 1.54) is 0 Å². The van der Waals surface area contributed by atoms with Crippen LogP contribution in [-0.2, 0) is 0 Å². The maximum atomic E-state index is 13.4. The summed E-state index contributed by atoms with van der Waals surface area (Å²) in [5.41, 5.74) is 1.75. The lowest BCUT2D eigenvalue weighted by Crippen LogP contribution is -2.47. The Morgan fingerprint density at radius 3 is 2.30 bits per heavy atom. The zero-order chi connectivity index (χ0) is 13.1. The number of aryl methyl sites for hydroxylation is 1. The molecule has 1 saturated heterocycles. The standard InChI is InChI=1S/C13H17BrF2N2.2ClH/c1-9-2-3-10(11(14)8-9)12(13(15)16)18-6-4-17-5-7-18;;/h2-3,8,12-13,17H,4-7H2,1H3;2*1H/t12-;;/m1../s1. The first-order valence-electron chi connectivity index (χ1n) is 6.08. The molecule has 2 rings (SSSR count). The minimum atomic E-state index is -2.37. The van der Waals surface area contributed by atoms with Gasteiger partial charge in [-0.3, -0.25) is 4.90 Å². The van der Waals surface area contributed by atoms with E-state index >= 15 is 0 Å². The highest BCUT2D eigenvalue weighted by Gasteiger charge is 2.31. The summed E-state index contributed by atoms with van der Waals surface area (Å²) >= 11 is 3.41. The normalized spacial score (nSPS) is 17.2. The molecule has 1 heterocycles. The minimum absolute atomic E-state index is 0. The van der Waals surface area contributed by atoms with Crippen LogP contribution in [0.3, 0.4) is 0 Å². The second kappa shape index (κ2) is 9.15. The Labute approximate surface area is 139 Å². The molecule has 0 amide bonds. The lowest BCUT2D eigenvalue weighted by molar-refractivity contribution is 0.0178. The Morgan fingerprint density at radius 2 is 1.80 bits per heavy atom. The van der Waals surface area contributed by atoms with Crippen molar-refractivity contribution in [3.8, 4) is 0 Å². The van der Waals surface area contributed by atoms with Crippen LogP contribution in [0.1, 0.15) is 17.2 Å². The van der Waals surface area contributed by atoms with Crippen molar-refractivity contribution in [2.75, 3.05) is 26.2 Å². The topological polar surface area (TPSA) is 15.3 Å². The van der Waals surface area contributed by atoms with E-state index in [4.69, 9.17) is 0 Å². The molecule has 7 heteroatoms. The molecular weight excluding hydrogens is 373 g/mol. The van der Waals surface area contributed by atoms with Gasteiger partial charge >= 0.3 is 0 Å². The summed E-state index contributed by atoms with van der Waals surface area (Å²) in [4.78, 5) is 1.86. The van der Waals surface area contributed by atoms with E-state index in [0.717, 1.165) is 23.1 Å². The maximum absolute atomic E-state index is 13.4. The Kier molecular flexibility index (Phi) is 9.18. The van der Waals surface area contributed by atoms with Crippen molar-refractivity contribution in [1.29, 1.82) is 0 Å². The van der Waals surface area contributed by atoms with Crippen LogP contribution in [-0.4, -0.2) is 37.5 Å². The second-order valence-electron chi connectivity index (χ2n) is 4.59. The third kappa shape index (κ3) is 4.81. The molecule has 2 nitrogen and oxygen atoms in total. The Balaban J connectivity index is 0.00000180. The van der Waals surface area contributed by atoms with Crippen molar-refractivity contribution < 1.29 is 8.78 Å². The fourth-order valence-corrected chi connectivity index (χ4v) is 3.05. The number of hydrogen-bond donors (Lipinski definition) is 1. The van der Waals surface area contributed by atoms with Gasteiger partial charge < -0.3 is 5.32 Å². The van der Waals surface area contributed by atoms with Crippen molar-refractivity contribution in [1.82, 2.24) is 10.2 Å². The first-order chi connectivity index (χ1) is 8.59. The van der Waals surface area contributed by atoms with Crippen molar-refractivity contribution in [3.05, 3.63) is 33.8 Å². The van der Waals surface area contributed by atoms with E-state index in [9.17, 15) is 8.78 Å². The minimum Gasteiger partial charge on any atom is -0.314 e. The highest BCUT2D eigenvalue weighted by molar-refractivity contribution is 9.10. The highest BCUT2D eigenvalue weighted by Crippen LogP contribution is 2.33. The molecule has 0 spiro atoms. The van der Waals surface area contributed by atoms with E-state index in [-0.39, 0.29) is 24.8 Å². The number of piperazine rings is 1. The SMILES string of the molecule is Cc1ccc([C@H](C(F)F)N2CCNCC2)c(Br)c1.Cl.Cl. The summed E-state index contributed by atoms with van der Waals surface area (Å²) in [5.74, 6) is 0. The zero-order valence-electron chi connectivity index (χ0n) is 11.1. The van der Waals surface area contributed by atoms with E-state index < -0.39 is 12.5 Å². The first-order valence-corrected chi connectivity index (χ1v) is 6.88. The monoisotopic (exact) mass is 390 g/mol. The zero-order valence-corrected chi connectivity index (χ0v) is 14.3. The van der Waals surface area contributed by atoms with Crippen LogP contribution in [0, 0.1) is 6.92 Å². The van der Waals surface area contributed by atoms with Gasteiger partial charge in [0.1, 0.15) is 0 Å². The largest absolute Gasteiger partial charge is 0.314 e. The molecule has 1 fully saturated rings. The molecule has 1 aromatic rings. The molecule has 116 valence electrons. The first kappa shape index (κ1) is 20.1. The van der Waals surface area contributed by atoms with Gasteiger partial charge in [0.05, 0.1) is 6.04 Å². The van der Waals surface area contributed by atoms with Gasteiger partial charge in [-0.25, -0.2) is 8.78 Å². The van der Waals surface area contributed by atoms with Crippen LogP contribution in [0.25, 0.3) is 0 Å². The van der Waals surface area contributed by atoms with Crippen LogP contribution < -0.4 is 5.32 Å². The molecule has 1 aromatic carbocycles. The predicted molar refractivity (Wildman–Crippen MR) is 86.6 cm³/mol. The Bertz CT molecular complexity index is 415. The predicted octanol–water partition coefficient (Wildman–Crippen LogP) is 3.81. The molecule has 0 unspecified atom stereocenters. The number of halogens is 5. The van der Waals surface area contributed by atoms with E-state index in [2.05, 4.69) is 21.2 Å². The molecule has 0 saturated carbocycles. The van der Waals surface area contributed by atoms with Gasteiger partial charge in [-0.1, -0.05) is 28.1 Å². The number of nitrogens with zero attached hydrogens (tertiary/aromatic N) is 1. The summed E-state index contributed by atoms with van der Waals surface area (Å²) in [5, 5.41) is 3.19. The quantitative estimate of drug-likeness (QED) is 0.842. The average molecular weight is 392 g/mol. The highest BCUT2D eigenvalue weighted by atomic mass is 79.9. The van der Waals surface area contributed by atoms with Gasteiger partial charge in [0.15, 0.2) is 0 Å². The van der Waals surface area contributed by atoms with Crippen LogP contribution in [0.4, 0.5) is 8.78 Å². The van der Waals surface area contributed by atoms with Crippen molar-refractivity contribution in [2.24, 2.45) is 0 Å². The van der Waals surface area contributed by atoms with Crippen molar-refractivity contribution >= 4 is 40.7 Å².